The molecule has 2 N–H and O–H groups in total. The highest BCUT2D eigenvalue weighted by Gasteiger charge is 2.42. The molecular weight excluding hydrogens is 437 g/mol. The Bertz CT molecular complexity index is 1110. The predicted molar refractivity (Wildman–Crippen MR) is 139 cm³/mol. The highest BCUT2D eigenvalue weighted by Crippen LogP contribution is 2.35. The molecule has 0 bridgehead atoms. The predicted octanol–water partition coefficient (Wildman–Crippen LogP) is 6.17. The zero-order valence-corrected chi connectivity index (χ0v) is 20.2. The Balaban J connectivity index is 1.15. The number of hydrogen-bond acceptors (Lipinski definition) is 2. The van der Waals surface area contributed by atoms with Crippen LogP contribution in [0.25, 0.3) is 0 Å². The number of nitrogens with zero attached hydrogens (tertiary/aromatic N) is 1. The molecule has 182 valence electrons. The quantitative estimate of drug-likeness (QED) is 0.413. The van der Waals surface area contributed by atoms with Crippen LogP contribution in [0.5, 0.6) is 0 Å². The summed E-state index contributed by atoms with van der Waals surface area (Å²) in [6.07, 6.45) is 7.29. The monoisotopic (exact) mass is 471 g/mol. The van der Waals surface area contributed by atoms with Gasteiger partial charge in [-0.2, -0.15) is 0 Å². The summed E-state index contributed by atoms with van der Waals surface area (Å²) >= 11 is 0. The maximum absolute atomic E-state index is 13.3. The zero-order valence-electron chi connectivity index (χ0n) is 20.2. The second-order valence-electron chi connectivity index (χ2n) is 10.2. The van der Waals surface area contributed by atoms with Crippen LogP contribution in [0.15, 0.2) is 78.9 Å². The number of anilines is 1. The van der Waals surface area contributed by atoms with Gasteiger partial charge in [0.25, 0.3) is 0 Å². The van der Waals surface area contributed by atoms with E-state index >= 15 is 0 Å². The third-order valence-corrected chi connectivity index (χ3v) is 7.54. The number of likely N-dealkylation sites (tertiary alicyclic amines) is 1. The molecule has 1 unspecified atom stereocenters. The lowest BCUT2D eigenvalue weighted by molar-refractivity contribution is 0.109. The first-order valence-corrected chi connectivity index (χ1v) is 12.8. The summed E-state index contributed by atoms with van der Waals surface area (Å²) in [5, 5.41) is 6.34. The van der Waals surface area contributed by atoms with Crippen LogP contribution in [0.4, 0.5) is 14.9 Å². The number of carbonyl (C=O) groups is 1. The van der Waals surface area contributed by atoms with Gasteiger partial charge in [-0.05, 0) is 92.4 Å². The Kier molecular flexibility index (Phi) is 7.14. The van der Waals surface area contributed by atoms with E-state index in [2.05, 4.69) is 51.9 Å². The highest BCUT2D eigenvalue weighted by atomic mass is 19.1. The standard InChI is InChI=1S/C30H34FN3O/c31-26-13-9-25(10-14-26)21-28-8-4-19-34(28)22-30(17-5-18-30)33-29(35)32-27-15-11-24(12-16-27)20-23-6-2-1-3-7-23/h1-3,6-7,9-16,28H,4-5,8,17-22H2,(H2,32,33,35). The lowest BCUT2D eigenvalue weighted by Gasteiger charge is -2.46. The average molecular weight is 472 g/mol. The van der Waals surface area contributed by atoms with Crippen molar-refractivity contribution in [2.24, 2.45) is 0 Å². The molecule has 4 nitrogen and oxygen atoms in total. The van der Waals surface area contributed by atoms with Crippen molar-refractivity contribution in [2.75, 3.05) is 18.4 Å². The third-order valence-electron chi connectivity index (χ3n) is 7.54. The molecule has 3 aromatic carbocycles. The number of urea groups is 1. The Morgan fingerprint density at radius 3 is 2.26 bits per heavy atom. The van der Waals surface area contributed by atoms with E-state index in [-0.39, 0.29) is 17.4 Å². The number of nitrogens with one attached hydrogen (secondary N) is 2. The topological polar surface area (TPSA) is 44.4 Å². The highest BCUT2D eigenvalue weighted by molar-refractivity contribution is 5.89. The molecule has 1 aliphatic carbocycles. The second-order valence-corrected chi connectivity index (χ2v) is 10.2. The number of halogens is 1. The molecule has 2 amide bonds. The first kappa shape index (κ1) is 23.6. The Morgan fingerprint density at radius 2 is 1.57 bits per heavy atom. The maximum Gasteiger partial charge on any atom is 0.319 e. The van der Waals surface area contributed by atoms with E-state index in [9.17, 15) is 9.18 Å². The van der Waals surface area contributed by atoms with E-state index in [1.165, 1.54) is 23.1 Å². The van der Waals surface area contributed by atoms with Crippen LogP contribution in [-0.2, 0) is 12.8 Å². The van der Waals surface area contributed by atoms with Crippen LogP contribution in [0, 0.1) is 5.82 Å². The molecule has 3 aromatic rings. The van der Waals surface area contributed by atoms with Gasteiger partial charge in [0.15, 0.2) is 0 Å². The van der Waals surface area contributed by atoms with E-state index in [4.69, 9.17) is 0 Å². The summed E-state index contributed by atoms with van der Waals surface area (Å²) in [6.45, 7) is 1.93. The van der Waals surface area contributed by atoms with Crippen molar-refractivity contribution in [3.8, 4) is 0 Å². The Hall–Kier alpha value is -3.18. The summed E-state index contributed by atoms with van der Waals surface area (Å²) in [5.74, 6) is -0.188. The van der Waals surface area contributed by atoms with Gasteiger partial charge < -0.3 is 10.6 Å². The summed E-state index contributed by atoms with van der Waals surface area (Å²) < 4.78 is 13.3. The van der Waals surface area contributed by atoms with Gasteiger partial charge in [0, 0.05) is 18.3 Å². The van der Waals surface area contributed by atoms with E-state index in [0.717, 1.165) is 57.3 Å². The SMILES string of the molecule is O=C(Nc1ccc(Cc2ccccc2)cc1)NC1(CN2CCCC2Cc2ccc(F)cc2)CCC1. The van der Waals surface area contributed by atoms with Crippen LogP contribution in [-0.4, -0.2) is 35.6 Å². The minimum atomic E-state index is -0.188. The Labute approximate surface area is 207 Å². The minimum absolute atomic E-state index is 0.130. The lowest BCUT2D eigenvalue weighted by atomic mass is 9.76. The molecule has 2 aliphatic rings. The van der Waals surface area contributed by atoms with Gasteiger partial charge in [-0.15, -0.1) is 0 Å². The molecule has 0 radical (unpaired) electrons. The summed E-state index contributed by atoms with van der Waals surface area (Å²) in [7, 11) is 0. The van der Waals surface area contributed by atoms with Gasteiger partial charge in [0.2, 0.25) is 0 Å². The largest absolute Gasteiger partial charge is 0.331 e. The normalized spacial score (nSPS) is 19.2. The van der Waals surface area contributed by atoms with Gasteiger partial charge in [0.05, 0.1) is 5.54 Å². The van der Waals surface area contributed by atoms with Gasteiger partial charge in [0.1, 0.15) is 5.82 Å². The van der Waals surface area contributed by atoms with Crippen molar-refractivity contribution in [2.45, 2.75) is 56.5 Å². The second kappa shape index (κ2) is 10.6. The molecule has 5 heteroatoms. The van der Waals surface area contributed by atoms with Gasteiger partial charge in [-0.25, -0.2) is 9.18 Å². The van der Waals surface area contributed by atoms with Crippen molar-refractivity contribution in [1.82, 2.24) is 10.2 Å². The summed E-state index contributed by atoms with van der Waals surface area (Å²) in [6, 6.07) is 25.7. The van der Waals surface area contributed by atoms with Crippen molar-refractivity contribution in [1.29, 1.82) is 0 Å². The third kappa shape index (κ3) is 6.09. The van der Waals surface area contributed by atoms with Crippen LogP contribution in [0.1, 0.15) is 48.8 Å². The fraction of sp³-hybridized carbons (Fsp3) is 0.367. The first-order valence-electron chi connectivity index (χ1n) is 12.8. The smallest absolute Gasteiger partial charge is 0.319 e. The van der Waals surface area contributed by atoms with Crippen LogP contribution in [0.2, 0.25) is 0 Å². The van der Waals surface area contributed by atoms with Crippen molar-refractivity contribution in [3.05, 3.63) is 101 Å². The molecule has 1 aliphatic heterocycles. The first-order chi connectivity index (χ1) is 17.1. The van der Waals surface area contributed by atoms with Crippen LogP contribution >= 0.6 is 0 Å². The van der Waals surface area contributed by atoms with E-state index < -0.39 is 0 Å². The summed E-state index contributed by atoms with van der Waals surface area (Å²) in [4.78, 5) is 15.4. The van der Waals surface area contributed by atoms with E-state index in [1.807, 2.05) is 30.3 Å². The molecule has 1 saturated heterocycles. The fourth-order valence-corrected chi connectivity index (χ4v) is 5.48. The average Bonchev–Trinajstić information content (AvgIpc) is 3.27. The maximum atomic E-state index is 13.3. The van der Waals surface area contributed by atoms with Crippen molar-refractivity contribution in [3.63, 3.8) is 0 Å². The van der Waals surface area contributed by atoms with Crippen LogP contribution < -0.4 is 10.6 Å². The van der Waals surface area contributed by atoms with Gasteiger partial charge >= 0.3 is 6.03 Å². The molecule has 1 saturated carbocycles. The molecular formula is C30H34FN3O. The van der Waals surface area contributed by atoms with Gasteiger partial charge in [-0.1, -0.05) is 54.6 Å². The molecule has 1 heterocycles. The van der Waals surface area contributed by atoms with Gasteiger partial charge in [-0.3, -0.25) is 4.90 Å². The van der Waals surface area contributed by atoms with Crippen molar-refractivity contribution >= 4 is 11.7 Å². The van der Waals surface area contributed by atoms with Crippen molar-refractivity contribution < 1.29 is 9.18 Å². The molecule has 35 heavy (non-hydrogen) atoms. The number of carbonyl (C=O) groups excluding carboxylic acids is 1. The molecule has 1 atom stereocenters. The number of rotatable bonds is 8. The number of amides is 2. The zero-order chi connectivity index (χ0) is 24.1. The molecule has 0 spiro atoms. The molecule has 0 aromatic heterocycles. The molecule has 2 fully saturated rings. The minimum Gasteiger partial charge on any atom is -0.331 e. The number of hydrogen-bond donors (Lipinski definition) is 2. The number of benzene rings is 3. The lowest BCUT2D eigenvalue weighted by Crippen LogP contribution is -2.61. The van der Waals surface area contributed by atoms with E-state index in [0.29, 0.717) is 6.04 Å². The summed E-state index contributed by atoms with van der Waals surface area (Å²) in [5.41, 5.74) is 4.32. The fourth-order valence-electron chi connectivity index (χ4n) is 5.48. The van der Waals surface area contributed by atoms with E-state index in [1.54, 1.807) is 12.1 Å². The van der Waals surface area contributed by atoms with Crippen LogP contribution in [0.3, 0.4) is 0 Å². The molecule has 5 rings (SSSR count). The Morgan fingerprint density at radius 1 is 0.886 bits per heavy atom.